The van der Waals surface area contributed by atoms with Crippen LogP contribution in [0.3, 0.4) is 0 Å². The SMILES string of the molecule is CCCOCCNCCc1cccs1. The number of hydrogen-bond acceptors (Lipinski definition) is 3. The molecule has 1 aromatic heterocycles. The van der Waals surface area contributed by atoms with Crippen molar-refractivity contribution in [2.75, 3.05) is 26.3 Å². The van der Waals surface area contributed by atoms with Crippen LogP contribution >= 0.6 is 11.3 Å². The van der Waals surface area contributed by atoms with Crippen molar-refractivity contribution in [3.05, 3.63) is 22.4 Å². The Morgan fingerprint density at radius 2 is 2.29 bits per heavy atom. The summed E-state index contributed by atoms with van der Waals surface area (Å²) in [6.07, 6.45) is 2.24. The Bertz CT molecular complexity index is 211. The van der Waals surface area contributed by atoms with Gasteiger partial charge in [0.1, 0.15) is 0 Å². The average molecular weight is 213 g/mol. The third-order valence-electron chi connectivity index (χ3n) is 1.90. The van der Waals surface area contributed by atoms with E-state index in [1.54, 1.807) is 0 Å². The van der Waals surface area contributed by atoms with E-state index in [2.05, 4.69) is 29.8 Å². The van der Waals surface area contributed by atoms with Crippen molar-refractivity contribution in [1.82, 2.24) is 5.32 Å². The summed E-state index contributed by atoms with van der Waals surface area (Å²) in [5.74, 6) is 0. The molecule has 0 atom stereocenters. The molecule has 0 saturated carbocycles. The molecule has 1 N–H and O–H groups in total. The Hall–Kier alpha value is -0.380. The second-order valence-electron chi connectivity index (χ2n) is 3.19. The number of nitrogens with one attached hydrogen (secondary N) is 1. The molecular formula is C11H19NOS. The van der Waals surface area contributed by atoms with Crippen molar-refractivity contribution in [1.29, 1.82) is 0 Å². The largest absolute Gasteiger partial charge is 0.380 e. The van der Waals surface area contributed by atoms with Crippen molar-refractivity contribution in [3.63, 3.8) is 0 Å². The molecule has 0 unspecified atom stereocenters. The first kappa shape index (κ1) is 11.7. The van der Waals surface area contributed by atoms with Crippen LogP contribution in [0.25, 0.3) is 0 Å². The van der Waals surface area contributed by atoms with Gasteiger partial charge in [-0.25, -0.2) is 0 Å². The highest BCUT2D eigenvalue weighted by atomic mass is 32.1. The quantitative estimate of drug-likeness (QED) is 0.669. The highest BCUT2D eigenvalue weighted by molar-refractivity contribution is 7.09. The lowest BCUT2D eigenvalue weighted by atomic mass is 10.3. The van der Waals surface area contributed by atoms with Crippen LogP contribution in [0.4, 0.5) is 0 Å². The normalized spacial score (nSPS) is 10.6. The maximum atomic E-state index is 5.36. The maximum absolute atomic E-state index is 5.36. The summed E-state index contributed by atoms with van der Waals surface area (Å²) >= 11 is 1.82. The first-order valence-electron chi connectivity index (χ1n) is 5.24. The van der Waals surface area contributed by atoms with Crippen LogP contribution in [-0.4, -0.2) is 26.3 Å². The molecule has 0 aliphatic carbocycles. The fourth-order valence-corrected chi connectivity index (χ4v) is 1.89. The van der Waals surface area contributed by atoms with Crippen molar-refractivity contribution in [2.24, 2.45) is 0 Å². The molecule has 0 aromatic carbocycles. The molecule has 80 valence electrons. The van der Waals surface area contributed by atoms with E-state index in [0.29, 0.717) is 0 Å². The highest BCUT2D eigenvalue weighted by Crippen LogP contribution is 2.07. The van der Waals surface area contributed by atoms with Gasteiger partial charge < -0.3 is 10.1 Å². The molecule has 0 aliphatic rings. The molecule has 1 heterocycles. The van der Waals surface area contributed by atoms with E-state index in [-0.39, 0.29) is 0 Å². The van der Waals surface area contributed by atoms with Crippen LogP contribution in [0.5, 0.6) is 0 Å². The summed E-state index contributed by atoms with van der Waals surface area (Å²) in [6, 6.07) is 4.28. The minimum absolute atomic E-state index is 0.832. The molecule has 2 nitrogen and oxygen atoms in total. The van der Waals surface area contributed by atoms with Crippen LogP contribution in [0.1, 0.15) is 18.2 Å². The number of rotatable bonds is 8. The van der Waals surface area contributed by atoms with Crippen LogP contribution in [0, 0.1) is 0 Å². The summed E-state index contributed by atoms with van der Waals surface area (Å²) in [4.78, 5) is 1.45. The summed E-state index contributed by atoms with van der Waals surface area (Å²) < 4.78 is 5.36. The first-order valence-corrected chi connectivity index (χ1v) is 6.12. The molecule has 0 spiro atoms. The van der Waals surface area contributed by atoms with Gasteiger partial charge in [0.05, 0.1) is 6.61 Å². The summed E-state index contributed by atoms with van der Waals surface area (Å²) in [5.41, 5.74) is 0. The Morgan fingerprint density at radius 1 is 1.36 bits per heavy atom. The molecule has 1 aromatic rings. The summed E-state index contributed by atoms with van der Waals surface area (Å²) in [6.45, 7) is 5.86. The van der Waals surface area contributed by atoms with Crippen molar-refractivity contribution in [3.8, 4) is 0 Å². The molecule has 0 aliphatic heterocycles. The summed E-state index contributed by atoms with van der Waals surface area (Å²) in [5, 5.41) is 5.49. The minimum atomic E-state index is 0.832. The van der Waals surface area contributed by atoms with E-state index >= 15 is 0 Å². The Morgan fingerprint density at radius 3 is 3.00 bits per heavy atom. The van der Waals surface area contributed by atoms with Crippen molar-refractivity contribution in [2.45, 2.75) is 19.8 Å². The number of hydrogen-bond donors (Lipinski definition) is 1. The molecule has 0 fully saturated rings. The smallest absolute Gasteiger partial charge is 0.0590 e. The zero-order valence-corrected chi connectivity index (χ0v) is 9.61. The van der Waals surface area contributed by atoms with E-state index in [4.69, 9.17) is 4.74 Å². The van der Waals surface area contributed by atoms with Crippen molar-refractivity contribution >= 4 is 11.3 Å². The second kappa shape index (κ2) is 7.97. The van der Waals surface area contributed by atoms with Crippen molar-refractivity contribution < 1.29 is 4.74 Å². The zero-order valence-electron chi connectivity index (χ0n) is 8.79. The number of ether oxygens (including phenoxy) is 1. The molecule has 0 saturated heterocycles. The standard InChI is InChI=1S/C11H19NOS/c1-2-8-13-9-7-12-6-5-11-4-3-10-14-11/h3-4,10,12H,2,5-9H2,1H3. The summed E-state index contributed by atoms with van der Waals surface area (Å²) in [7, 11) is 0. The minimum Gasteiger partial charge on any atom is -0.380 e. The lowest BCUT2D eigenvalue weighted by Crippen LogP contribution is -2.22. The predicted molar refractivity (Wildman–Crippen MR) is 62.0 cm³/mol. The average Bonchev–Trinajstić information content (AvgIpc) is 2.69. The van der Waals surface area contributed by atoms with Gasteiger partial charge in [-0.15, -0.1) is 11.3 Å². The highest BCUT2D eigenvalue weighted by Gasteiger charge is 1.92. The molecule has 0 bridgehead atoms. The van der Waals surface area contributed by atoms with Crippen LogP contribution in [0.15, 0.2) is 17.5 Å². The van der Waals surface area contributed by atoms with Gasteiger partial charge in [-0.05, 0) is 24.3 Å². The van der Waals surface area contributed by atoms with Crippen LogP contribution in [-0.2, 0) is 11.2 Å². The number of thiophene rings is 1. The molecule has 3 heteroatoms. The van der Waals surface area contributed by atoms with Gasteiger partial charge in [0, 0.05) is 24.6 Å². The maximum Gasteiger partial charge on any atom is 0.0590 e. The van der Waals surface area contributed by atoms with Gasteiger partial charge in [0.25, 0.3) is 0 Å². The fraction of sp³-hybridized carbons (Fsp3) is 0.636. The molecule has 0 radical (unpaired) electrons. The van der Waals surface area contributed by atoms with E-state index < -0.39 is 0 Å². The lowest BCUT2D eigenvalue weighted by molar-refractivity contribution is 0.137. The monoisotopic (exact) mass is 213 g/mol. The Balaban J connectivity index is 1.85. The Labute approximate surface area is 90.3 Å². The van der Waals surface area contributed by atoms with Gasteiger partial charge in [-0.3, -0.25) is 0 Å². The topological polar surface area (TPSA) is 21.3 Å². The second-order valence-corrected chi connectivity index (χ2v) is 4.22. The zero-order chi connectivity index (χ0) is 10.1. The van der Waals surface area contributed by atoms with Gasteiger partial charge in [0.2, 0.25) is 0 Å². The van der Waals surface area contributed by atoms with E-state index in [1.807, 2.05) is 11.3 Å². The van der Waals surface area contributed by atoms with Gasteiger partial charge in [-0.1, -0.05) is 13.0 Å². The molecule has 14 heavy (non-hydrogen) atoms. The molecule has 0 amide bonds. The third kappa shape index (κ3) is 5.37. The fourth-order valence-electron chi connectivity index (χ4n) is 1.18. The lowest BCUT2D eigenvalue weighted by Gasteiger charge is -2.04. The van der Waals surface area contributed by atoms with E-state index in [9.17, 15) is 0 Å². The van der Waals surface area contributed by atoms with Gasteiger partial charge >= 0.3 is 0 Å². The molecule has 1 rings (SSSR count). The Kier molecular flexibility index (Phi) is 6.66. The first-order chi connectivity index (χ1) is 6.93. The van der Waals surface area contributed by atoms with Gasteiger partial charge in [0.15, 0.2) is 0 Å². The van der Waals surface area contributed by atoms with Crippen LogP contribution in [0.2, 0.25) is 0 Å². The molecular weight excluding hydrogens is 194 g/mol. The van der Waals surface area contributed by atoms with E-state index in [0.717, 1.165) is 39.1 Å². The van der Waals surface area contributed by atoms with E-state index in [1.165, 1.54) is 4.88 Å². The predicted octanol–water partition coefficient (Wildman–Crippen LogP) is 2.31. The van der Waals surface area contributed by atoms with Crippen LogP contribution < -0.4 is 5.32 Å². The third-order valence-corrected chi connectivity index (χ3v) is 2.84. The van der Waals surface area contributed by atoms with Gasteiger partial charge in [-0.2, -0.15) is 0 Å².